The zero-order chi connectivity index (χ0) is 12.4. The zero-order valence-electron chi connectivity index (χ0n) is 9.96. The van der Waals surface area contributed by atoms with Crippen LogP contribution in [0, 0.1) is 23.4 Å². The van der Waals surface area contributed by atoms with Crippen molar-refractivity contribution >= 4 is 12.4 Å². The molecule has 1 nitrogen and oxygen atoms in total. The molecule has 1 aromatic rings. The molecule has 2 rings (SSSR count). The molecular weight excluding hydrogens is 263 g/mol. The average Bonchev–Trinajstić information content (AvgIpc) is 2.35. The maximum absolute atomic E-state index is 13.6. The minimum absolute atomic E-state index is 0. The molecule has 102 valence electrons. The van der Waals surface area contributed by atoms with E-state index in [0.29, 0.717) is 0 Å². The lowest BCUT2D eigenvalue weighted by atomic mass is 9.81. The molecule has 2 N–H and O–H groups in total. The van der Waals surface area contributed by atoms with Crippen LogP contribution in [0.25, 0.3) is 0 Å². The molecule has 1 atom stereocenters. The van der Waals surface area contributed by atoms with Gasteiger partial charge in [0, 0.05) is 11.6 Å². The molecule has 0 bridgehead atoms. The highest BCUT2D eigenvalue weighted by Gasteiger charge is 2.27. The smallest absolute Gasteiger partial charge is 0.166 e. The van der Waals surface area contributed by atoms with Crippen molar-refractivity contribution in [1.82, 2.24) is 0 Å². The molecule has 0 spiro atoms. The van der Waals surface area contributed by atoms with Crippen molar-refractivity contribution < 1.29 is 13.2 Å². The highest BCUT2D eigenvalue weighted by Crippen LogP contribution is 2.35. The molecular formula is C13H17ClF3N. The lowest BCUT2D eigenvalue weighted by Crippen LogP contribution is -2.26. The summed E-state index contributed by atoms with van der Waals surface area (Å²) in [4.78, 5) is 0. The minimum atomic E-state index is -1.14. The minimum Gasteiger partial charge on any atom is -0.324 e. The van der Waals surface area contributed by atoms with Crippen molar-refractivity contribution in [3.63, 3.8) is 0 Å². The van der Waals surface area contributed by atoms with Gasteiger partial charge in [-0.1, -0.05) is 19.3 Å². The van der Waals surface area contributed by atoms with Crippen LogP contribution in [0.1, 0.15) is 43.7 Å². The number of halogens is 4. The molecule has 0 amide bonds. The van der Waals surface area contributed by atoms with Crippen LogP contribution in [0.5, 0.6) is 0 Å². The predicted octanol–water partition coefficient (Wildman–Crippen LogP) is 4.11. The van der Waals surface area contributed by atoms with Gasteiger partial charge in [-0.25, -0.2) is 13.2 Å². The van der Waals surface area contributed by atoms with Crippen LogP contribution in [0.15, 0.2) is 12.1 Å². The third-order valence-electron chi connectivity index (χ3n) is 3.57. The predicted molar refractivity (Wildman–Crippen MR) is 67.1 cm³/mol. The van der Waals surface area contributed by atoms with Crippen LogP contribution in [0.3, 0.4) is 0 Å². The van der Waals surface area contributed by atoms with Crippen molar-refractivity contribution in [3.8, 4) is 0 Å². The number of benzene rings is 1. The zero-order valence-corrected chi connectivity index (χ0v) is 10.8. The van der Waals surface area contributed by atoms with Crippen LogP contribution in [-0.2, 0) is 0 Å². The van der Waals surface area contributed by atoms with Crippen molar-refractivity contribution in [3.05, 3.63) is 35.1 Å². The van der Waals surface area contributed by atoms with E-state index in [1.54, 1.807) is 0 Å². The fourth-order valence-corrected chi connectivity index (χ4v) is 2.58. The van der Waals surface area contributed by atoms with Crippen LogP contribution in [0.2, 0.25) is 0 Å². The molecule has 1 aromatic carbocycles. The van der Waals surface area contributed by atoms with Gasteiger partial charge in [0.1, 0.15) is 5.82 Å². The second-order valence-corrected chi connectivity index (χ2v) is 4.68. The molecule has 1 fully saturated rings. The van der Waals surface area contributed by atoms with E-state index in [9.17, 15) is 13.2 Å². The summed E-state index contributed by atoms with van der Waals surface area (Å²) >= 11 is 0. The number of hydrogen-bond donors (Lipinski definition) is 1. The number of hydrogen-bond acceptors (Lipinski definition) is 1. The highest BCUT2D eigenvalue weighted by molar-refractivity contribution is 5.85. The van der Waals surface area contributed by atoms with Crippen LogP contribution < -0.4 is 5.73 Å². The second kappa shape index (κ2) is 6.43. The fourth-order valence-electron chi connectivity index (χ4n) is 2.58. The van der Waals surface area contributed by atoms with E-state index < -0.39 is 23.5 Å². The Bertz CT molecular complexity index is 405. The maximum Gasteiger partial charge on any atom is 0.166 e. The van der Waals surface area contributed by atoms with E-state index in [0.717, 1.165) is 44.2 Å². The van der Waals surface area contributed by atoms with Gasteiger partial charge < -0.3 is 5.73 Å². The second-order valence-electron chi connectivity index (χ2n) is 4.68. The van der Waals surface area contributed by atoms with Gasteiger partial charge in [0.2, 0.25) is 0 Å². The van der Waals surface area contributed by atoms with E-state index in [4.69, 9.17) is 5.73 Å². The van der Waals surface area contributed by atoms with Crippen LogP contribution >= 0.6 is 12.4 Å². The molecule has 0 saturated heterocycles. The van der Waals surface area contributed by atoms with Gasteiger partial charge >= 0.3 is 0 Å². The summed E-state index contributed by atoms with van der Waals surface area (Å²) in [6.45, 7) is 0. The quantitative estimate of drug-likeness (QED) is 0.810. The molecule has 5 heteroatoms. The van der Waals surface area contributed by atoms with E-state index in [-0.39, 0.29) is 23.9 Å². The summed E-state index contributed by atoms with van der Waals surface area (Å²) in [5, 5.41) is 0. The first-order valence-corrected chi connectivity index (χ1v) is 6.00. The van der Waals surface area contributed by atoms with Gasteiger partial charge in [-0.2, -0.15) is 0 Å². The topological polar surface area (TPSA) is 26.0 Å². The SMILES string of the molecule is Cl.N[C@H](c1c(F)ccc(F)c1F)C1CCCCC1. The Labute approximate surface area is 111 Å². The van der Waals surface area contributed by atoms with Gasteiger partial charge in [0.25, 0.3) is 0 Å². The molecule has 0 heterocycles. The lowest BCUT2D eigenvalue weighted by molar-refractivity contribution is 0.295. The summed E-state index contributed by atoms with van der Waals surface area (Å²) in [7, 11) is 0. The first-order valence-electron chi connectivity index (χ1n) is 6.00. The Morgan fingerprint density at radius 1 is 1.00 bits per heavy atom. The highest BCUT2D eigenvalue weighted by atomic mass is 35.5. The van der Waals surface area contributed by atoms with Crippen LogP contribution in [0.4, 0.5) is 13.2 Å². The first-order chi connectivity index (χ1) is 8.11. The van der Waals surface area contributed by atoms with Crippen molar-refractivity contribution in [2.24, 2.45) is 11.7 Å². The third kappa shape index (κ3) is 2.98. The van der Waals surface area contributed by atoms with E-state index in [1.165, 1.54) is 0 Å². The molecule has 0 unspecified atom stereocenters. The summed E-state index contributed by atoms with van der Waals surface area (Å²) in [5.74, 6) is -2.87. The molecule has 0 aliphatic heterocycles. The molecule has 1 aliphatic rings. The monoisotopic (exact) mass is 279 g/mol. The normalized spacial score (nSPS) is 18.2. The Balaban J connectivity index is 0.00000162. The number of nitrogens with two attached hydrogens (primary N) is 1. The Kier molecular flexibility index (Phi) is 5.47. The van der Waals surface area contributed by atoms with E-state index in [2.05, 4.69) is 0 Å². The average molecular weight is 280 g/mol. The van der Waals surface area contributed by atoms with Gasteiger partial charge in [0.05, 0.1) is 0 Å². The summed E-state index contributed by atoms with van der Waals surface area (Å²) < 4.78 is 40.2. The Hall–Kier alpha value is -0.740. The Morgan fingerprint density at radius 3 is 2.17 bits per heavy atom. The van der Waals surface area contributed by atoms with E-state index in [1.807, 2.05) is 0 Å². The van der Waals surface area contributed by atoms with Crippen molar-refractivity contribution in [2.45, 2.75) is 38.1 Å². The van der Waals surface area contributed by atoms with Crippen molar-refractivity contribution in [1.29, 1.82) is 0 Å². The summed E-state index contributed by atoms with van der Waals surface area (Å²) in [5.41, 5.74) is 5.60. The molecule has 0 radical (unpaired) electrons. The fraction of sp³-hybridized carbons (Fsp3) is 0.538. The molecule has 1 saturated carbocycles. The van der Waals surface area contributed by atoms with Gasteiger partial charge in [0.15, 0.2) is 11.6 Å². The Morgan fingerprint density at radius 2 is 1.56 bits per heavy atom. The molecule has 18 heavy (non-hydrogen) atoms. The summed E-state index contributed by atoms with van der Waals surface area (Å²) in [6, 6.07) is 0.990. The van der Waals surface area contributed by atoms with Gasteiger partial charge in [-0.15, -0.1) is 12.4 Å². The van der Waals surface area contributed by atoms with Gasteiger partial charge in [-0.3, -0.25) is 0 Å². The van der Waals surface area contributed by atoms with E-state index >= 15 is 0 Å². The lowest BCUT2D eigenvalue weighted by Gasteiger charge is -2.28. The maximum atomic E-state index is 13.6. The van der Waals surface area contributed by atoms with Gasteiger partial charge in [-0.05, 0) is 30.9 Å². The molecule has 1 aliphatic carbocycles. The van der Waals surface area contributed by atoms with Crippen molar-refractivity contribution in [2.75, 3.05) is 0 Å². The third-order valence-corrected chi connectivity index (χ3v) is 3.57. The summed E-state index contributed by atoms with van der Waals surface area (Å²) in [6.07, 6.45) is 4.90. The van der Waals surface area contributed by atoms with Crippen LogP contribution in [-0.4, -0.2) is 0 Å². The number of rotatable bonds is 2. The first kappa shape index (κ1) is 15.3. The largest absolute Gasteiger partial charge is 0.324 e. The standard InChI is InChI=1S/C13H16F3N.ClH/c14-9-6-7-10(15)12(16)11(9)13(17)8-4-2-1-3-5-8;/h6-8,13H,1-5,17H2;1H/t13-;/m0./s1. The molecule has 0 aromatic heterocycles.